The smallest absolute Gasteiger partial charge is 0.179 e. The molecule has 1 aromatic carbocycles. The Morgan fingerprint density at radius 2 is 1.92 bits per heavy atom. The first-order chi connectivity index (χ1) is 12.6. The molecule has 26 heavy (non-hydrogen) atoms. The van der Waals surface area contributed by atoms with Crippen molar-refractivity contribution in [3.63, 3.8) is 0 Å². The summed E-state index contributed by atoms with van der Waals surface area (Å²) in [6.45, 7) is 0. The Hall–Kier alpha value is -2.27. The fraction of sp³-hybridized carbons (Fsp3) is 0.312. The van der Waals surface area contributed by atoms with Crippen molar-refractivity contribution in [1.82, 2.24) is 19.5 Å². The summed E-state index contributed by atoms with van der Waals surface area (Å²) in [7, 11) is 0. The zero-order valence-electron chi connectivity index (χ0n) is 13.4. The third-order valence-corrected chi connectivity index (χ3v) is 5.22. The molecule has 0 aliphatic carbocycles. The minimum atomic E-state index is -1.57. The molecular weight excluding hydrogens is 361 g/mol. The van der Waals surface area contributed by atoms with Gasteiger partial charge in [0.2, 0.25) is 0 Å². The Balaban J connectivity index is 1.58. The summed E-state index contributed by atoms with van der Waals surface area (Å²) >= 11 is 0.919. The monoisotopic (exact) mass is 377 g/mol. The molecule has 0 saturated carbocycles. The molecule has 0 bridgehead atoms. The number of nitrogens with two attached hydrogens (primary N) is 1. The zero-order valence-corrected chi connectivity index (χ0v) is 14.2. The summed E-state index contributed by atoms with van der Waals surface area (Å²) in [4.78, 5) is 12.7. The van der Waals surface area contributed by atoms with E-state index in [0.717, 1.165) is 11.8 Å². The lowest BCUT2D eigenvalue weighted by atomic mass is 10.1. The molecule has 10 heteroatoms. The van der Waals surface area contributed by atoms with Crippen LogP contribution in [0.5, 0.6) is 0 Å². The first-order valence-corrected chi connectivity index (χ1v) is 8.74. The maximum Gasteiger partial charge on any atom is 0.179 e. The standard InChI is InChI=1S/C16H16FN5O3S/c17-13(26-8-4-2-1-3-5-8)12-10(23)11(24)16(25-12)22-7-21-9-14(18)19-6-20-15(9)22/h1-7,10-13,16,23-24H,(H2,18,19,20)/t10-,11+,12-,13?,16+/m0/s1. The van der Waals surface area contributed by atoms with E-state index in [4.69, 9.17) is 10.5 Å². The van der Waals surface area contributed by atoms with E-state index in [1.165, 1.54) is 17.2 Å². The predicted molar refractivity (Wildman–Crippen MR) is 92.9 cm³/mol. The quantitative estimate of drug-likeness (QED) is 0.579. The molecule has 0 radical (unpaired) electrons. The third-order valence-electron chi connectivity index (χ3n) is 4.19. The van der Waals surface area contributed by atoms with Gasteiger partial charge in [0.15, 0.2) is 23.2 Å². The molecule has 3 heterocycles. The van der Waals surface area contributed by atoms with Gasteiger partial charge in [-0.2, -0.15) is 0 Å². The van der Waals surface area contributed by atoms with E-state index >= 15 is 0 Å². The number of ether oxygens (including phenoxy) is 1. The van der Waals surface area contributed by atoms with Gasteiger partial charge in [-0.1, -0.05) is 30.0 Å². The maximum atomic E-state index is 14.7. The second-order valence-electron chi connectivity index (χ2n) is 5.84. The lowest BCUT2D eigenvalue weighted by molar-refractivity contribution is -0.0461. The van der Waals surface area contributed by atoms with Gasteiger partial charge in [-0.15, -0.1) is 0 Å². The predicted octanol–water partition coefficient (Wildman–Crippen LogP) is 1.12. The molecule has 4 rings (SSSR count). The Morgan fingerprint density at radius 1 is 1.15 bits per heavy atom. The zero-order chi connectivity index (χ0) is 18.3. The number of hydrogen-bond donors (Lipinski definition) is 3. The van der Waals surface area contributed by atoms with Crippen LogP contribution in [0, 0.1) is 0 Å². The lowest BCUT2D eigenvalue weighted by Crippen LogP contribution is -2.35. The van der Waals surface area contributed by atoms with Gasteiger partial charge in [0.25, 0.3) is 0 Å². The van der Waals surface area contributed by atoms with Crippen molar-refractivity contribution in [2.24, 2.45) is 0 Å². The first kappa shape index (κ1) is 17.2. The number of aliphatic hydroxyl groups excluding tert-OH is 2. The molecule has 4 N–H and O–H groups in total. The van der Waals surface area contributed by atoms with E-state index < -0.39 is 30.0 Å². The van der Waals surface area contributed by atoms with E-state index in [-0.39, 0.29) is 5.82 Å². The molecular formula is C16H16FN5O3S. The van der Waals surface area contributed by atoms with Gasteiger partial charge in [0, 0.05) is 4.90 Å². The van der Waals surface area contributed by atoms with E-state index in [1.54, 1.807) is 24.3 Å². The fourth-order valence-corrected chi connectivity index (χ4v) is 3.82. The van der Waals surface area contributed by atoms with E-state index in [1.807, 2.05) is 6.07 Å². The number of benzene rings is 1. The second kappa shape index (κ2) is 6.80. The highest BCUT2D eigenvalue weighted by Gasteiger charge is 2.48. The number of alkyl halides is 1. The minimum absolute atomic E-state index is 0.182. The third kappa shape index (κ3) is 2.90. The van der Waals surface area contributed by atoms with Crippen LogP contribution < -0.4 is 5.73 Å². The second-order valence-corrected chi connectivity index (χ2v) is 6.99. The van der Waals surface area contributed by atoms with Crippen LogP contribution in [0.3, 0.4) is 0 Å². The van der Waals surface area contributed by atoms with E-state index in [0.29, 0.717) is 16.1 Å². The van der Waals surface area contributed by atoms with Crippen molar-refractivity contribution >= 4 is 28.7 Å². The minimum Gasteiger partial charge on any atom is -0.387 e. The summed E-state index contributed by atoms with van der Waals surface area (Å²) in [5, 5.41) is 20.7. The van der Waals surface area contributed by atoms with Crippen molar-refractivity contribution in [3.05, 3.63) is 43.0 Å². The van der Waals surface area contributed by atoms with Crippen LogP contribution in [0.15, 0.2) is 47.9 Å². The summed E-state index contributed by atoms with van der Waals surface area (Å²) in [6.07, 6.45) is -2.36. The highest BCUT2D eigenvalue weighted by atomic mass is 32.2. The van der Waals surface area contributed by atoms with E-state index in [9.17, 15) is 14.6 Å². The summed E-state index contributed by atoms with van der Waals surface area (Å²) < 4.78 is 21.8. The molecule has 1 aliphatic rings. The highest BCUT2D eigenvalue weighted by molar-refractivity contribution is 7.99. The van der Waals surface area contributed by atoms with Crippen molar-refractivity contribution < 1.29 is 19.3 Å². The van der Waals surface area contributed by atoms with Gasteiger partial charge < -0.3 is 20.7 Å². The SMILES string of the molecule is Nc1ncnc2c1ncn2[C@@H]1O[C@H](C(F)Sc2ccccc2)[C@@H](O)[C@H]1O. The van der Waals surface area contributed by atoms with Crippen LogP contribution in [-0.4, -0.2) is 53.5 Å². The fourth-order valence-electron chi connectivity index (χ4n) is 2.88. The number of thioether (sulfide) groups is 1. The normalized spacial score (nSPS) is 27.0. The van der Waals surface area contributed by atoms with Crippen LogP contribution in [-0.2, 0) is 4.74 Å². The number of aromatic nitrogens is 4. The van der Waals surface area contributed by atoms with Crippen molar-refractivity contribution in [3.8, 4) is 0 Å². The molecule has 5 atom stereocenters. The average molecular weight is 377 g/mol. The Labute approximate surface area is 151 Å². The van der Waals surface area contributed by atoms with Gasteiger partial charge >= 0.3 is 0 Å². The Bertz CT molecular complexity index is 911. The number of rotatable bonds is 4. The topological polar surface area (TPSA) is 119 Å². The number of fused-ring (bicyclic) bond motifs is 1. The number of nitrogens with zero attached hydrogens (tertiary/aromatic N) is 4. The number of halogens is 1. The molecule has 8 nitrogen and oxygen atoms in total. The molecule has 0 amide bonds. The number of hydrogen-bond acceptors (Lipinski definition) is 8. The maximum absolute atomic E-state index is 14.7. The molecule has 1 fully saturated rings. The van der Waals surface area contributed by atoms with Gasteiger partial charge in [0.1, 0.15) is 30.2 Å². The summed E-state index contributed by atoms with van der Waals surface area (Å²) in [5.74, 6) is 0.182. The van der Waals surface area contributed by atoms with Crippen LogP contribution in [0.25, 0.3) is 11.2 Å². The molecule has 1 saturated heterocycles. The first-order valence-electron chi connectivity index (χ1n) is 7.86. The molecule has 3 aromatic rings. The van der Waals surface area contributed by atoms with Crippen LogP contribution in [0.2, 0.25) is 0 Å². The van der Waals surface area contributed by atoms with Crippen LogP contribution in [0.1, 0.15) is 6.23 Å². The van der Waals surface area contributed by atoms with Crippen LogP contribution >= 0.6 is 11.8 Å². The average Bonchev–Trinajstić information content (AvgIpc) is 3.19. The van der Waals surface area contributed by atoms with Crippen molar-refractivity contribution in [1.29, 1.82) is 0 Å². The molecule has 136 valence electrons. The molecule has 1 unspecified atom stereocenters. The summed E-state index contributed by atoms with van der Waals surface area (Å²) in [6, 6.07) is 8.93. The van der Waals surface area contributed by atoms with Crippen LogP contribution in [0.4, 0.5) is 10.2 Å². The number of anilines is 1. The van der Waals surface area contributed by atoms with E-state index in [2.05, 4.69) is 15.0 Å². The Morgan fingerprint density at radius 3 is 2.69 bits per heavy atom. The highest BCUT2D eigenvalue weighted by Crippen LogP contribution is 2.38. The Kier molecular flexibility index (Phi) is 4.49. The summed E-state index contributed by atoms with van der Waals surface area (Å²) in [5.41, 5.74) is 4.86. The lowest BCUT2D eigenvalue weighted by Gasteiger charge is -2.18. The molecule has 2 aromatic heterocycles. The molecule has 0 spiro atoms. The van der Waals surface area contributed by atoms with Crippen molar-refractivity contribution in [2.45, 2.75) is 34.9 Å². The largest absolute Gasteiger partial charge is 0.387 e. The number of imidazole rings is 1. The molecule has 1 aliphatic heterocycles. The van der Waals surface area contributed by atoms with Crippen molar-refractivity contribution in [2.75, 3.05) is 5.73 Å². The van der Waals surface area contributed by atoms with Gasteiger partial charge in [-0.3, -0.25) is 4.57 Å². The number of aliphatic hydroxyl groups is 2. The van der Waals surface area contributed by atoms with Gasteiger partial charge in [0.05, 0.1) is 6.33 Å². The van der Waals surface area contributed by atoms with Gasteiger partial charge in [-0.05, 0) is 12.1 Å². The number of nitrogen functional groups attached to an aromatic ring is 1. The van der Waals surface area contributed by atoms with Gasteiger partial charge in [-0.25, -0.2) is 19.3 Å².